The molecule has 0 atom stereocenters. The first-order chi connectivity index (χ1) is 14.5. The lowest BCUT2D eigenvalue weighted by molar-refractivity contribution is 0.0986. The molecule has 0 bridgehead atoms. The number of benzene rings is 2. The van der Waals surface area contributed by atoms with Gasteiger partial charge in [-0.3, -0.25) is 9.69 Å². The Bertz CT molecular complexity index is 1180. The molecule has 1 amide bonds. The normalized spacial score (nSPS) is 11.2. The topological polar surface area (TPSA) is 51.0 Å². The van der Waals surface area contributed by atoms with E-state index in [9.17, 15) is 4.79 Å². The van der Waals surface area contributed by atoms with E-state index in [0.717, 1.165) is 34.1 Å². The first-order valence-electron chi connectivity index (χ1n) is 9.67. The highest BCUT2D eigenvalue weighted by Crippen LogP contribution is 2.32. The highest BCUT2D eigenvalue weighted by Gasteiger charge is 2.23. The van der Waals surface area contributed by atoms with Crippen LogP contribution in [0.2, 0.25) is 5.02 Å². The fourth-order valence-electron chi connectivity index (χ4n) is 3.21. The minimum atomic E-state index is -0.151. The van der Waals surface area contributed by atoms with E-state index in [1.165, 1.54) is 16.9 Å². The average Bonchev–Trinajstić information content (AvgIpc) is 3.41. The van der Waals surface area contributed by atoms with E-state index in [1.54, 1.807) is 29.6 Å². The molecule has 0 spiro atoms. The zero-order valence-corrected chi connectivity index (χ0v) is 19.5. The van der Waals surface area contributed by atoms with Crippen LogP contribution in [0.25, 0.3) is 10.2 Å². The van der Waals surface area contributed by atoms with E-state index in [-0.39, 0.29) is 5.91 Å². The van der Waals surface area contributed by atoms with Crippen LogP contribution in [0.15, 0.2) is 59.6 Å². The van der Waals surface area contributed by atoms with Crippen molar-refractivity contribution in [2.45, 2.75) is 26.3 Å². The number of carbonyl (C=O) groups excluding carboxylic acids is 1. The second kappa shape index (κ2) is 9.29. The summed E-state index contributed by atoms with van der Waals surface area (Å²) in [6, 6.07) is 11.6. The van der Waals surface area contributed by atoms with Gasteiger partial charge in [0, 0.05) is 30.0 Å². The Morgan fingerprint density at radius 2 is 2.13 bits per heavy atom. The van der Waals surface area contributed by atoms with E-state index in [2.05, 4.69) is 40.0 Å². The highest BCUT2D eigenvalue weighted by molar-refractivity contribution is 9.10. The molecular weight excluding hydrogens is 484 g/mol. The number of imidazole rings is 1. The first kappa shape index (κ1) is 21.0. The van der Waals surface area contributed by atoms with E-state index >= 15 is 0 Å². The van der Waals surface area contributed by atoms with Crippen LogP contribution in [0.5, 0.6) is 0 Å². The molecule has 154 valence electrons. The van der Waals surface area contributed by atoms with Crippen LogP contribution >= 0.6 is 38.9 Å². The summed E-state index contributed by atoms with van der Waals surface area (Å²) in [5, 5.41) is 1.11. The summed E-state index contributed by atoms with van der Waals surface area (Å²) in [6.07, 6.45) is 7.18. The molecule has 0 unspecified atom stereocenters. The molecule has 2 aromatic heterocycles. The first-order valence-corrected chi connectivity index (χ1v) is 11.7. The zero-order valence-electron chi connectivity index (χ0n) is 16.4. The summed E-state index contributed by atoms with van der Waals surface area (Å²) < 4.78 is 3.89. The number of halogens is 2. The van der Waals surface area contributed by atoms with Gasteiger partial charge in [0.25, 0.3) is 5.91 Å². The van der Waals surface area contributed by atoms with Crippen molar-refractivity contribution in [2.24, 2.45) is 0 Å². The number of nitrogens with zero attached hydrogens (tertiary/aromatic N) is 4. The van der Waals surface area contributed by atoms with Crippen molar-refractivity contribution in [3.8, 4) is 0 Å². The van der Waals surface area contributed by atoms with Crippen LogP contribution in [-0.4, -0.2) is 27.0 Å². The maximum absolute atomic E-state index is 13.5. The maximum atomic E-state index is 13.5. The number of thiazole rings is 1. The minimum Gasteiger partial charge on any atom is -0.337 e. The molecule has 4 rings (SSSR count). The number of hydrogen-bond donors (Lipinski definition) is 0. The predicted octanol–water partition coefficient (Wildman–Crippen LogP) is 6.21. The molecule has 0 saturated heterocycles. The highest BCUT2D eigenvalue weighted by atomic mass is 79.9. The molecule has 8 heteroatoms. The van der Waals surface area contributed by atoms with E-state index in [1.807, 2.05) is 22.9 Å². The van der Waals surface area contributed by atoms with Gasteiger partial charge in [0.2, 0.25) is 0 Å². The van der Waals surface area contributed by atoms with Crippen LogP contribution in [-0.2, 0) is 13.0 Å². The Kier molecular flexibility index (Phi) is 6.51. The van der Waals surface area contributed by atoms with Gasteiger partial charge in [0.15, 0.2) is 5.13 Å². The van der Waals surface area contributed by atoms with Crippen molar-refractivity contribution in [1.29, 1.82) is 0 Å². The third-order valence-corrected chi connectivity index (χ3v) is 6.71. The molecular formula is C22H20BrClN4OS. The summed E-state index contributed by atoms with van der Waals surface area (Å²) in [7, 11) is 0. The Hall–Kier alpha value is -2.22. The van der Waals surface area contributed by atoms with E-state index < -0.39 is 0 Å². The number of carbonyl (C=O) groups is 1. The quantitative estimate of drug-likeness (QED) is 0.301. The molecule has 4 aromatic rings. The number of amides is 1. The van der Waals surface area contributed by atoms with Gasteiger partial charge in [-0.2, -0.15) is 0 Å². The smallest absolute Gasteiger partial charge is 0.261 e. The van der Waals surface area contributed by atoms with Crippen molar-refractivity contribution < 1.29 is 4.79 Å². The van der Waals surface area contributed by atoms with Gasteiger partial charge >= 0.3 is 0 Å². The fraction of sp³-hybridized carbons (Fsp3) is 0.227. The largest absolute Gasteiger partial charge is 0.337 e. The summed E-state index contributed by atoms with van der Waals surface area (Å²) in [5.74, 6) is -0.151. The number of hydrogen-bond acceptors (Lipinski definition) is 4. The Morgan fingerprint density at radius 3 is 2.90 bits per heavy atom. The number of anilines is 1. The third kappa shape index (κ3) is 4.58. The van der Waals surface area contributed by atoms with Gasteiger partial charge in [-0.05, 0) is 48.7 Å². The van der Waals surface area contributed by atoms with Crippen molar-refractivity contribution >= 4 is 60.1 Å². The van der Waals surface area contributed by atoms with Crippen LogP contribution in [0.4, 0.5) is 5.13 Å². The van der Waals surface area contributed by atoms with Crippen molar-refractivity contribution in [3.05, 3.63) is 75.7 Å². The van der Waals surface area contributed by atoms with Gasteiger partial charge in [-0.1, -0.05) is 51.9 Å². The van der Waals surface area contributed by atoms with Crippen LogP contribution in [0.1, 0.15) is 29.3 Å². The number of rotatable bonds is 7. The standard InChI is InChI=1S/C22H20BrClN4OS/c1-2-15-4-7-19-20(12-15)30-22(26-19)28(10-3-9-27-11-8-25-14-27)21(29)17-13-16(23)5-6-18(17)24/h4-8,11-14H,2-3,9-10H2,1H3. The Labute approximate surface area is 192 Å². The van der Waals surface area contributed by atoms with Crippen molar-refractivity contribution in [3.63, 3.8) is 0 Å². The van der Waals surface area contributed by atoms with Gasteiger partial charge in [-0.15, -0.1) is 0 Å². The summed E-state index contributed by atoms with van der Waals surface area (Å²) >= 11 is 11.3. The monoisotopic (exact) mass is 502 g/mol. The second-order valence-corrected chi connectivity index (χ2v) is 9.22. The number of aryl methyl sites for hydroxylation is 2. The zero-order chi connectivity index (χ0) is 21.1. The number of aromatic nitrogens is 3. The third-order valence-electron chi connectivity index (χ3n) is 4.84. The van der Waals surface area contributed by atoms with E-state index in [4.69, 9.17) is 16.6 Å². The molecule has 0 aliphatic carbocycles. The van der Waals surface area contributed by atoms with Crippen molar-refractivity contribution in [1.82, 2.24) is 14.5 Å². The molecule has 0 saturated carbocycles. The van der Waals surface area contributed by atoms with Crippen LogP contribution < -0.4 is 4.90 Å². The minimum absolute atomic E-state index is 0.151. The van der Waals surface area contributed by atoms with Gasteiger partial charge in [-0.25, -0.2) is 9.97 Å². The maximum Gasteiger partial charge on any atom is 0.261 e. The van der Waals surface area contributed by atoms with Gasteiger partial charge in [0.05, 0.1) is 27.1 Å². The second-order valence-electron chi connectivity index (χ2n) is 6.89. The molecule has 2 heterocycles. The van der Waals surface area contributed by atoms with Gasteiger partial charge < -0.3 is 4.57 Å². The average molecular weight is 504 g/mol. The molecule has 0 fully saturated rings. The Morgan fingerprint density at radius 1 is 1.27 bits per heavy atom. The summed E-state index contributed by atoms with van der Waals surface area (Å²) in [5.41, 5.74) is 2.62. The molecule has 0 aliphatic heterocycles. The van der Waals surface area contributed by atoms with Gasteiger partial charge in [0.1, 0.15) is 0 Å². The SMILES string of the molecule is CCc1ccc2nc(N(CCCn3ccnc3)C(=O)c3cc(Br)ccc3Cl)sc2c1. The molecule has 0 N–H and O–H groups in total. The molecule has 2 aromatic carbocycles. The molecule has 30 heavy (non-hydrogen) atoms. The Balaban J connectivity index is 1.67. The van der Waals surface area contributed by atoms with E-state index in [0.29, 0.717) is 22.3 Å². The fourth-order valence-corrected chi connectivity index (χ4v) is 4.83. The molecule has 0 radical (unpaired) electrons. The molecule has 5 nitrogen and oxygen atoms in total. The number of fused-ring (bicyclic) bond motifs is 1. The lowest BCUT2D eigenvalue weighted by Crippen LogP contribution is -2.32. The summed E-state index contributed by atoms with van der Waals surface area (Å²) in [6.45, 7) is 3.42. The lowest BCUT2D eigenvalue weighted by atomic mass is 10.2. The van der Waals surface area contributed by atoms with Crippen LogP contribution in [0, 0.1) is 0 Å². The predicted molar refractivity (Wildman–Crippen MR) is 127 cm³/mol. The van der Waals surface area contributed by atoms with Crippen LogP contribution in [0.3, 0.4) is 0 Å². The molecule has 0 aliphatic rings. The van der Waals surface area contributed by atoms with Crippen molar-refractivity contribution in [2.75, 3.05) is 11.4 Å². The lowest BCUT2D eigenvalue weighted by Gasteiger charge is -2.21. The summed E-state index contributed by atoms with van der Waals surface area (Å²) in [4.78, 5) is 24.0.